The second-order valence-electron chi connectivity index (χ2n) is 16.4. The molecule has 1 nitrogen and oxygen atoms in total. The van der Waals surface area contributed by atoms with Crippen molar-refractivity contribution in [2.75, 3.05) is 4.90 Å². The molecule has 0 aliphatic heterocycles. The topological polar surface area (TPSA) is 3.24 Å². The van der Waals surface area contributed by atoms with Crippen LogP contribution in [0.4, 0.5) is 17.1 Å². The lowest BCUT2D eigenvalue weighted by atomic mass is 9.67. The normalized spacial score (nSPS) is 12.6. The molecule has 12 rings (SSSR count). The van der Waals surface area contributed by atoms with E-state index in [1.54, 1.807) is 0 Å². The molecule has 1 aromatic heterocycles. The Morgan fingerprint density at radius 1 is 0.286 bits per heavy atom. The highest BCUT2D eigenvalue weighted by molar-refractivity contribution is 7.25. The van der Waals surface area contributed by atoms with Crippen LogP contribution in [0.2, 0.25) is 0 Å². The third-order valence-electron chi connectivity index (χ3n) is 13.0. The van der Waals surface area contributed by atoms with E-state index >= 15 is 0 Å². The monoisotopic (exact) mass is 819 g/mol. The summed E-state index contributed by atoms with van der Waals surface area (Å²) in [7, 11) is 0. The van der Waals surface area contributed by atoms with E-state index in [9.17, 15) is 0 Å². The van der Waals surface area contributed by atoms with Gasteiger partial charge >= 0.3 is 0 Å². The van der Waals surface area contributed by atoms with Gasteiger partial charge in [0.2, 0.25) is 0 Å². The molecule has 296 valence electrons. The van der Waals surface area contributed by atoms with Crippen LogP contribution in [-0.2, 0) is 5.41 Å². The van der Waals surface area contributed by atoms with E-state index in [-0.39, 0.29) is 0 Å². The Hall–Kier alpha value is -7.78. The van der Waals surface area contributed by atoms with Gasteiger partial charge in [0.1, 0.15) is 0 Å². The second kappa shape index (κ2) is 15.3. The van der Waals surface area contributed by atoms with Crippen molar-refractivity contribution in [2.24, 2.45) is 0 Å². The summed E-state index contributed by atoms with van der Waals surface area (Å²) in [6, 6.07) is 91.3. The molecule has 0 radical (unpaired) electrons. The smallest absolute Gasteiger partial charge is 0.0713 e. The minimum Gasteiger partial charge on any atom is -0.310 e. The summed E-state index contributed by atoms with van der Waals surface area (Å²) < 4.78 is 2.65. The van der Waals surface area contributed by atoms with Gasteiger partial charge in [-0.1, -0.05) is 194 Å². The van der Waals surface area contributed by atoms with Crippen molar-refractivity contribution >= 4 is 48.6 Å². The van der Waals surface area contributed by atoms with E-state index in [2.05, 4.69) is 254 Å². The molecule has 1 heterocycles. The van der Waals surface area contributed by atoms with Gasteiger partial charge in [0.25, 0.3) is 0 Å². The molecule has 0 atom stereocenters. The van der Waals surface area contributed by atoms with E-state index < -0.39 is 5.41 Å². The van der Waals surface area contributed by atoms with E-state index in [0.29, 0.717) is 0 Å². The van der Waals surface area contributed by atoms with Crippen molar-refractivity contribution in [2.45, 2.75) is 5.41 Å². The molecular formula is C61H41NS. The van der Waals surface area contributed by atoms with E-state index in [1.807, 2.05) is 11.3 Å². The van der Waals surface area contributed by atoms with Crippen LogP contribution in [0.5, 0.6) is 0 Å². The standard InChI is InChI=1S/C61H41NS/c1-4-16-48(17-5-1)61(49-18-6-2-7-19-49)57-25-12-10-23-53(57)56-40-46(34-38-58(56)61)43-29-27-42(28-30-43)45-15-14-22-52(39-45)62(50-20-8-3-9-21-50)51-35-31-44(32-36-51)47-33-37-55-54-24-11-13-26-59(54)63-60(55)41-47/h1-41H. The van der Waals surface area contributed by atoms with Crippen LogP contribution in [0.1, 0.15) is 22.3 Å². The number of anilines is 3. The second-order valence-corrected chi connectivity index (χ2v) is 17.5. The number of fused-ring (bicyclic) bond motifs is 6. The number of para-hydroxylation sites is 1. The minimum atomic E-state index is -0.396. The van der Waals surface area contributed by atoms with Crippen molar-refractivity contribution in [1.82, 2.24) is 0 Å². The number of hydrogen-bond donors (Lipinski definition) is 0. The maximum atomic E-state index is 2.41. The molecule has 63 heavy (non-hydrogen) atoms. The van der Waals surface area contributed by atoms with Gasteiger partial charge in [-0.25, -0.2) is 0 Å². The molecule has 2 heteroatoms. The Bertz CT molecular complexity index is 3380. The van der Waals surface area contributed by atoms with Crippen LogP contribution in [-0.4, -0.2) is 0 Å². The molecule has 10 aromatic carbocycles. The lowest BCUT2D eigenvalue weighted by Gasteiger charge is -2.33. The first-order valence-corrected chi connectivity index (χ1v) is 22.5. The lowest BCUT2D eigenvalue weighted by molar-refractivity contribution is 0.768. The third kappa shape index (κ3) is 6.22. The van der Waals surface area contributed by atoms with Crippen molar-refractivity contribution in [3.8, 4) is 44.5 Å². The van der Waals surface area contributed by atoms with Crippen LogP contribution in [0, 0.1) is 0 Å². The number of thiophene rings is 1. The van der Waals surface area contributed by atoms with E-state index in [0.717, 1.165) is 17.1 Å². The fraction of sp³-hybridized carbons (Fsp3) is 0.0164. The van der Waals surface area contributed by atoms with Crippen molar-refractivity contribution in [1.29, 1.82) is 0 Å². The minimum absolute atomic E-state index is 0.396. The Morgan fingerprint density at radius 3 is 1.49 bits per heavy atom. The van der Waals surface area contributed by atoms with E-state index in [4.69, 9.17) is 0 Å². The maximum Gasteiger partial charge on any atom is 0.0713 e. The summed E-state index contributed by atoms with van der Waals surface area (Å²) >= 11 is 1.86. The zero-order chi connectivity index (χ0) is 41.7. The number of benzene rings is 10. The molecule has 0 bridgehead atoms. The Morgan fingerprint density at radius 2 is 0.778 bits per heavy atom. The Kier molecular flexibility index (Phi) is 8.98. The van der Waals surface area contributed by atoms with Crippen molar-refractivity contribution in [3.05, 3.63) is 271 Å². The van der Waals surface area contributed by atoms with Gasteiger partial charge in [0, 0.05) is 37.2 Å². The van der Waals surface area contributed by atoms with Gasteiger partial charge in [0.05, 0.1) is 5.41 Å². The predicted molar refractivity (Wildman–Crippen MR) is 268 cm³/mol. The van der Waals surface area contributed by atoms with Crippen molar-refractivity contribution < 1.29 is 0 Å². The van der Waals surface area contributed by atoms with Gasteiger partial charge in [0.15, 0.2) is 0 Å². The highest BCUT2D eigenvalue weighted by Crippen LogP contribution is 2.56. The third-order valence-corrected chi connectivity index (χ3v) is 14.1. The molecule has 0 spiro atoms. The quantitative estimate of drug-likeness (QED) is 0.148. The lowest BCUT2D eigenvalue weighted by Crippen LogP contribution is -2.28. The van der Waals surface area contributed by atoms with Gasteiger partial charge in [-0.2, -0.15) is 0 Å². The zero-order valence-corrected chi connectivity index (χ0v) is 35.3. The Balaban J connectivity index is 0.873. The summed E-state index contributed by atoms with van der Waals surface area (Å²) in [6.45, 7) is 0. The first-order valence-electron chi connectivity index (χ1n) is 21.7. The molecule has 1 aliphatic rings. The summed E-state index contributed by atoms with van der Waals surface area (Å²) in [4.78, 5) is 2.35. The molecule has 0 N–H and O–H groups in total. The zero-order valence-electron chi connectivity index (χ0n) is 34.5. The van der Waals surface area contributed by atoms with Crippen LogP contribution in [0.3, 0.4) is 0 Å². The van der Waals surface area contributed by atoms with Crippen molar-refractivity contribution in [3.63, 3.8) is 0 Å². The summed E-state index contributed by atoms with van der Waals surface area (Å²) in [5, 5.41) is 2.65. The predicted octanol–water partition coefficient (Wildman–Crippen LogP) is 16.9. The van der Waals surface area contributed by atoms with Gasteiger partial charge in [-0.3, -0.25) is 0 Å². The van der Waals surface area contributed by atoms with Crippen LogP contribution in [0.25, 0.3) is 64.7 Å². The fourth-order valence-corrected chi connectivity index (χ4v) is 11.2. The number of rotatable bonds is 8. The molecule has 0 saturated carbocycles. The molecule has 0 unspecified atom stereocenters. The molecule has 0 saturated heterocycles. The van der Waals surface area contributed by atoms with E-state index in [1.165, 1.54) is 86.9 Å². The molecule has 1 aliphatic carbocycles. The highest BCUT2D eigenvalue weighted by Gasteiger charge is 2.45. The average molecular weight is 820 g/mol. The Labute approximate surface area is 372 Å². The molecule has 11 aromatic rings. The first kappa shape index (κ1) is 37.0. The van der Waals surface area contributed by atoms with Crippen LogP contribution in [0.15, 0.2) is 249 Å². The largest absolute Gasteiger partial charge is 0.310 e. The summed E-state index contributed by atoms with van der Waals surface area (Å²) in [5.74, 6) is 0. The van der Waals surface area contributed by atoms with Crippen LogP contribution < -0.4 is 4.90 Å². The first-order chi connectivity index (χ1) is 31.2. The average Bonchev–Trinajstić information content (AvgIpc) is 3.88. The number of hydrogen-bond acceptors (Lipinski definition) is 2. The highest BCUT2D eigenvalue weighted by atomic mass is 32.1. The van der Waals surface area contributed by atoms with Gasteiger partial charge < -0.3 is 4.90 Å². The molecule has 0 fully saturated rings. The summed E-state index contributed by atoms with van der Waals surface area (Å²) in [5.41, 5.74) is 17.9. The molecule has 0 amide bonds. The van der Waals surface area contributed by atoms with Crippen LogP contribution >= 0.6 is 11.3 Å². The maximum absolute atomic E-state index is 2.41. The van der Waals surface area contributed by atoms with Gasteiger partial charge in [-0.15, -0.1) is 11.3 Å². The SMILES string of the molecule is c1ccc(N(c2ccc(-c3ccc4c(c3)sc3ccccc34)cc2)c2cccc(-c3ccc(-c4ccc5c(c4)-c4ccccc4C5(c4ccccc4)c4ccccc4)cc3)c2)cc1. The van der Waals surface area contributed by atoms with Gasteiger partial charge in [-0.05, 0) is 121 Å². The number of nitrogens with zero attached hydrogens (tertiary/aromatic N) is 1. The fourth-order valence-electron chi connectivity index (χ4n) is 10.0. The molecular weight excluding hydrogens is 779 g/mol. The summed E-state index contributed by atoms with van der Waals surface area (Å²) in [6.07, 6.45) is 0.